The number of nitrogens with zero attached hydrogens (tertiary/aromatic N) is 2. The first-order chi connectivity index (χ1) is 16.9. The fraction of sp³-hybridized carbons (Fsp3) is 0.296. The third kappa shape index (κ3) is 6.08. The molecule has 0 atom stereocenters. The van der Waals surface area contributed by atoms with Crippen LogP contribution in [0, 0.1) is 6.92 Å². The molecule has 2 heterocycles. The van der Waals surface area contributed by atoms with E-state index in [2.05, 4.69) is 22.1 Å². The molecule has 0 unspecified atom stereocenters. The molecule has 4 amide bonds. The molecular weight excluding hydrogens is 460 g/mol. The van der Waals surface area contributed by atoms with Gasteiger partial charge in [0, 0.05) is 55.8 Å². The van der Waals surface area contributed by atoms with E-state index in [-0.39, 0.29) is 30.8 Å². The van der Waals surface area contributed by atoms with E-state index >= 15 is 0 Å². The summed E-state index contributed by atoms with van der Waals surface area (Å²) in [6.45, 7) is 3.87. The Morgan fingerprint density at radius 3 is 2.66 bits per heavy atom. The van der Waals surface area contributed by atoms with Crippen molar-refractivity contribution in [2.45, 2.75) is 32.9 Å². The lowest BCUT2D eigenvalue weighted by molar-refractivity contribution is -0.116. The molecule has 0 radical (unpaired) electrons. The highest BCUT2D eigenvalue weighted by Crippen LogP contribution is 2.27. The van der Waals surface area contributed by atoms with E-state index in [9.17, 15) is 14.4 Å². The van der Waals surface area contributed by atoms with Crippen molar-refractivity contribution in [1.82, 2.24) is 15.1 Å². The highest BCUT2D eigenvalue weighted by atomic mass is 32.1. The number of thiophene rings is 1. The minimum absolute atomic E-state index is 0.0239. The molecule has 0 aliphatic carbocycles. The SMILES string of the molecule is Cc1c(NC(=O)CCNC(=O)N(C)Cc2ccccc2)cccc1C(=O)N1CCc2sccc2C1. The molecule has 1 aliphatic rings. The van der Waals surface area contributed by atoms with Crippen LogP contribution in [-0.4, -0.2) is 47.8 Å². The standard InChI is InChI=1S/C27H30N4O3S/c1-19-22(26(33)31-15-12-24-21(18-31)13-16-35-24)9-6-10-23(19)29-25(32)11-14-28-27(34)30(2)17-20-7-4-3-5-8-20/h3-10,13,16H,11-12,14-15,17-18H2,1-2H3,(H,28,34)(H,29,32). The third-order valence-electron chi connectivity index (χ3n) is 6.17. The van der Waals surface area contributed by atoms with Crippen molar-refractivity contribution in [2.24, 2.45) is 0 Å². The molecule has 0 fully saturated rings. The maximum Gasteiger partial charge on any atom is 0.317 e. The fourth-order valence-electron chi connectivity index (χ4n) is 4.15. The summed E-state index contributed by atoms with van der Waals surface area (Å²) >= 11 is 1.74. The summed E-state index contributed by atoms with van der Waals surface area (Å²) in [7, 11) is 1.72. The maximum absolute atomic E-state index is 13.2. The van der Waals surface area contributed by atoms with Crippen molar-refractivity contribution >= 4 is 34.9 Å². The molecule has 182 valence electrons. The van der Waals surface area contributed by atoms with Crippen LogP contribution < -0.4 is 10.6 Å². The average Bonchev–Trinajstić information content (AvgIpc) is 3.33. The quantitative estimate of drug-likeness (QED) is 0.514. The molecular formula is C27H30N4O3S. The zero-order valence-electron chi connectivity index (χ0n) is 20.0. The van der Waals surface area contributed by atoms with Crippen LogP contribution in [0.5, 0.6) is 0 Å². The van der Waals surface area contributed by atoms with Crippen molar-refractivity contribution in [2.75, 3.05) is 25.5 Å². The highest BCUT2D eigenvalue weighted by molar-refractivity contribution is 7.10. The second kappa shape index (κ2) is 11.2. The van der Waals surface area contributed by atoms with Gasteiger partial charge in [0.1, 0.15) is 0 Å². The molecule has 0 spiro atoms. The van der Waals surface area contributed by atoms with Crippen molar-refractivity contribution in [3.8, 4) is 0 Å². The number of carbonyl (C=O) groups excluding carboxylic acids is 3. The zero-order chi connectivity index (χ0) is 24.8. The summed E-state index contributed by atoms with van der Waals surface area (Å²) < 4.78 is 0. The number of fused-ring (bicyclic) bond motifs is 1. The van der Waals surface area contributed by atoms with Gasteiger partial charge in [0.25, 0.3) is 5.91 Å². The van der Waals surface area contributed by atoms with Crippen LogP contribution in [0.1, 0.15) is 38.3 Å². The Balaban J connectivity index is 1.28. The van der Waals surface area contributed by atoms with E-state index in [0.29, 0.717) is 30.9 Å². The molecule has 1 aromatic heterocycles. The van der Waals surface area contributed by atoms with Gasteiger partial charge in [-0.15, -0.1) is 11.3 Å². The first-order valence-corrected chi connectivity index (χ1v) is 12.6. The largest absolute Gasteiger partial charge is 0.337 e. The Morgan fingerprint density at radius 1 is 1.06 bits per heavy atom. The Hall–Kier alpha value is -3.65. The minimum atomic E-state index is -0.235. The average molecular weight is 491 g/mol. The van der Waals surface area contributed by atoms with Crippen molar-refractivity contribution in [3.63, 3.8) is 0 Å². The van der Waals surface area contributed by atoms with Gasteiger partial charge in [-0.1, -0.05) is 36.4 Å². The Bertz CT molecular complexity index is 1210. The summed E-state index contributed by atoms with van der Waals surface area (Å²) in [5.74, 6) is -0.242. The smallest absolute Gasteiger partial charge is 0.317 e. The second-order valence-electron chi connectivity index (χ2n) is 8.70. The van der Waals surface area contributed by atoms with Crippen LogP contribution in [0.25, 0.3) is 0 Å². The number of nitrogens with one attached hydrogen (secondary N) is 2. The molecule has 3 aromatic rings. The van der Waals surface area contributed by atoms with Crippen LogP contribution in [0.3, 0.4) is 0 Å². The minimum Gasteiger partial charge on any atom is -0.337 e. The molecule has 35 heavy (non-hydrogen) atoms. The molecule has 0 bridgehead atoms. The first kappa shape index (κ1) is 24.5. The Kier molecular flexibility index (Phi) is 7.82. The van der Waals surface area contributed by atoms with Crippen LogP contribution in [0.2, 0.25) is 0 Å². The molecule has 7 nitrogen and oxygen atoms in total. The predicted octanol–water partition coefficient (Wildman–Crippen LogP) is 4.43. The fourth-order valence-corrected chi connectivity index (χ4v) is 5.04. The number of anilines is 1. The third-order valence-corrected chi connectivity index (χ3v) is 7.19. The van der Waals surface area contributed by atoms with Gasteiger partial charge in [-0.2, -0.15) is 0 Å². The number of urea groups is 1. The van der Waals surface area contributed by atoms with E-state index in [0.717, 1.165) is 17.5 Å². The summed E-state index contributed by atoms with van der Waals surface area (Å²) in [6.07, 6.45) is 1.01. The van der Waals surface area contributed by atoms with Crippen molar-refractivity contribution < 1.29 is 14.4 Å². The molecule has 4 rings (SSSR count). The predicted molar refractivity (Wildman–Crippen MR) is 138 cm³/mol. The number of hydrogen-bond acceptors (Lipinski definition) is 4. The van der Waals surface area contributed by atoms with Crippen LogP contribution >= 0.6 is 11.3 Å². The molecule has 1 aliphatic heterocycles. The maximum atomic E-state index is 13.2. The van der Waals surface area contributed by atoms with Crippen molar-refractivity contribution in [3.05, 3.63) is 87.1 Å². The van der Waals surface area contributed by atoms with Crippen molar-refractivity contribution in [1.29, 1.82) is 0 Å². The molecule has 0 saturated heterocycles. The van der Waals surface area contributed by atoms with E-state index in [1.54, 1.807) is 41.5 Å². The van der Waals surface area contributed by atoms with Gasteiger partial charge in [-0.25, -0.2) is 4.79 Å². The Labute approximate surface area is 209 Å². The van der Waals surface area contributed by atoms with Gasteiger partial charge in [0.05, 0.1) is 0 Å². The van der Waals surface area contributed by atoms with Crippen LogP contribution in [-0.2, 0) is 24.3 Å². The number of rotatable bonds is 7. The normalized spacial score (nSPS) is 12.6. The lowest BCUT2D eigenvalue weighted by Gasteiger charge is -2.28. The van der Waals surface area contributed by atoms with Gasteiger partial charge < -0.3 is 20.4 Å². The summed E-state index contributed by atoms with van der Waals surface area (Å²) in [4.78, 5) is 42.8. The van der Waals surface area contributed by atoms with E-state index in [4.69, 9.17) is 0 Å². The summed E-state index contributed by atoms with van der Waals surface area (Å²) in [5.41, 5.74) is 4.20. The molecule has 0 saturated carbocycles. The zero-order valence-corrected chi connectivity index (χ0v) is 20.9. The summed E-state index contributed by atoms with van der Waals surface area (Å²) in [5, 5.41) is 7.74. The highest BCUT2D eigenvalue weighted by Gasteiger charge is 2.24. The van der Waals surface area contributed by atoms with E-state index in [1.165, 1.54) is 10.4 Å². The number of carbonyl (C=O) groups is 3. The number of amides is 4. The van der Waals surface area contributed by atoms with Gasteiger partial charge in [0.15, 0.2) is 0 Å². The van der Waals surface area contributed by atoms with Crippen LogP contribution in [0.15, 0.2) is 60.0 Å². The van der Waals surface area contributed by atoms with E-state index < -0.39 is 0 Å². The topological polar surface area (TPSA) is 81.8 Å². The monoisotopic (exact) mass is 490 g/mol. The second-order valence-corrected chi connectivity index (χ2v) is 9.70. The van der Waals surface area contributed by atoms with Gasteiger partial charge in [-0.05, 0) is 53.6 Å². The first-order valence-electron chi connectivity index (χ1n) is 11.7. The van der Waals surface area contributed by atoms with Crippen LogP contribution in [0.4, 0.5) is 10.5 Å². The van der Waals surface area contributed by atoms with Gasteiger partial charge in [0.2, 0.25) is 5.91 Å². The van der Waals surface area contributed by atoms with Gasteiger partial charge >= 0.3 is 6.03 Å². The lowest BCUT2D eigenvalue weighted by atomic mass is 10.0. The van der Waals surface area contributed by atoms with E-state index in [1.807, 2.05) is 42.2 Å². The van der Waals surface area contributed by atoms with Gasteiger partial charge in [-0.3, -0.25) is 9.59 Å². The molecule has 2 aromatic carbocycles. The lowest BCUT2D eigenvalue weighted by Crippen LogP contribution is -2.38. The molecule has 8 heteroatoms. The molecule has 2 N–H and O–H groups in total. The summed E-state index contributed by atoms with van der Waals surface area (Å²) in [6, 6.07) is 17.0. The number of benzene rings is 2. The Morgan fingerprint density at radius 2 is 1.86 bits per heavy atom. The number of hydrogen-bond donors (Lipinski definition) is 2.